The molecule has 1 unspecified atom stereocenters. The molecule has 1 atom stereocenters. The van der Waals surface area contributed by atoms with Crippen LogP contribution in [0.2, 0.25) is 0 Å². The molecule has 3 aliphatic rings. The van der Waals surface area contributed by atoms with Crippen LogP contribution in [0.15, 0.2) is 36.7 Å². The van der Waals surface area contributed by atoms with Crippen LogP contribution >= 0.6 is 0 Å². The second-order valence-electron chi connectivity index (χ2n) is 8.92. The van der Waals surface area contributed by atoms with Crippen molar-refractivity contribution in [3.63, 3.8) is 0 Å². The number of rotatable bonds is 6. The summed E-state index contributed by atoms with van der Waals surface area (Å²) in [6.45, 7) is 3.78. The summed E-state index contributed by atoms with van der Waals surface area (Å²) < 4.78 is 2.07. The van der Waals surface area contributed by atoms with E-state index in [2.05, 4.69) is 25.7 Å². The number of hydrogen-bond donors (Lipinski definition) is 3. The molecule has 2 fully saturated rings. The van der Waals surface area contributed by atoms with Gasteiger partial charge in [-0.15, -0.1) is 0 Å². The Balaban J connectivity index is 1.25. The lowest BCUT2D eigenvalue weighted by molar-refractivity contribution is -0.136. The highest BCUT2D eigenvalue weighted by Gasteiger charge is 2.39. The highest BCUT2D eigenvalue weighted by atomic mass is 16.2. The fourth-order valence-corrected chi connectivity index (χ4v) is 5.08. The third-order valence-electron chi connectivity index (χ3n) is 6.90. The molecule has 1 aromatic carbocycles. The summed E-state index contributed by atoms with van der Waals surface area (Å²) in [7, 11) is 0. The molecule has 3 N–H and O–H groups in total. The predicted octanol–water partition coefficient (Wildman–Crippen LogP) is 0.513. The first-order chi connectivity index (χ1) is 15.6. The van der Waals surface area contributed by atoms with E-state index in [0.29, 0.717) is 25.1 Å². The van der Waals surface area contributed by atoms with Crippen LogP contribution in [0.25, 0.3) is 0 Å². The molecule has 1 aromatic heterocycles. The van der Waals surface area contributed by atoms with Gasteiger partial charge in [0, 0.05) is 44.0 Å². The third kappa shape index (κ3) is 3.82. The highest BCUT2D eigenvalue weighted by molar-refractivity contribution is 6.05. The zero-order chi connectivity index (χ0) is 22.1. The molecule has 0 radical (unpaired) electrons. The molecule has 4 heterocycles. The van der Waals surface area contributed by atoms with E-state index in [1.165, 1.54) is 0 Å². The van der Waals surface area contributed by atoms with E-state index in [0.717, 1.165) is 43.6 Å². The Bertz CT molecular complexity index is 1030. The van der Waals surface area contributed by atoms with E-state index in [4.69, 9.17) is 0 Å². The van der Waals surface area contributed by atoms with E-state index in [1.54, 1.807) is 4.90 Å². The number of nitrogens with zero attached hydrogens (tertiary/aromatic N) is 3. The van der Waals surface area contributed by atoms with Gasteiger partial charge in [0.1, 0.15) is 6.04 Å². The van der Waals surface area contributed by atoms with E-state index < -0.39 is 6.04 Å². The number of amides is 3. The maximum absolute atomic E-state index is 13.0. The summed E-state index contributed by atoms with van der Waals surface area (Å²) >= 11 is 0. The maximum atomic E-state index is 13.0. The molecule has 168 valence electrons. The van der Waals surface area contributed by atoms with Gasteiger partial charge in [0.15, 0.2) is 0 Å². The Hall–Kier alpha value is -3.04. The summed E-state index contributed by atoms with van der Waals surface area (Å²) in [6, 6.07) is 7.33. The number of benzene rings is 1. The Morgan fingerprint density at radius 1 is 1.19 bits per heavy atom. The van der Waals surface area contributed by atoms with Crippen molar-refractivity contribution < 1.29 is 14.4 Å². The molecule has 0 bridgehead atoms. The van der Waals surface area contributed by atoms with Gasteiger partial charge in [-0.25, -0.2) is 0 Å². The molecule has 0 spiro atoms. The normalized spacial score (nSPS) is 22.7. The SMILES string of the molecule is O=C1CCC(N2Cc3ccc(CNCC4(n5cccn5)CCNCC4)cc3C2=O)C(=O)N1. The minimum atomic E-state index is -0.581. The van der Waals surface area contributed by atoms with Crippen LogP contribution in [-0.2, 0) is 28.2 Å². The van der Waals surface area contributed by atoms with Crippen LogP contribution in [0.1, 0.15) is 47.2 Å². The first kappa shape index (κ1) is 20.8. The third-order valence-corrected chi connectivity index (χ3v) is 6.90. The lowest BCUT2D eigenvalue weighted by Crippen LogP contribution is -2.52. The Labute approximate surface area is 186 Å². The van der Waals surface area contributed by atoms with Crippen molar-refractivity contribution in [1.82, 2.24) is 30.6 Å². The molecule has 0 saturated carbocycles. The average molecular weight is 437 g/mol. The molecule has 2 saturated heterocycles. The van der Waals surface area contributed by atoms with Crippen molar-refractivity contribution in [2.24, 2.45) is 0 Å². The minimum absolute atomic E-state index is 0.0517. The van der Waals surface area contributed by atoms with Crippen molar-refractivity contribution in [1.29, 1.82) is 0 Å². The number of carbonyl (C=O) groups is 3. The number of piperidine rings is 2. The maximum Gasteiger partial charge on any atom is 0.255 e. The Morgan fingerprint density at radius 2 is 2.03 bits per heavy atom. The van der Waals surface area contributed by atoms with Gasteiger partial charge in [0.2, 0.25) is 11.8 Å². The van der Waals surface area contributed by atoms with E-state index in [1.807, 2.05) is 36.7 Å². The van der Waals surface area contributed by atoms with Crippen LogP contribution in [-0.4, -0.2) is 58.1 Å². The molecule has 2 aromatic rings. The van der Waals surface area contributed by atoms with Crippen LogP contribution in [0.3, 0.4) is 0 Å². The summed E-state index contributed by atoms with van der Waals surface area (Å²) in [5.74, 6) is -0.789. The van der Waals surface area contributed by atoms with Gasteiger partial charge in [-0.05, 0) is 55.6 Å². The lowest BCUT2D eigenvalue weighted by atomic mass is 9.88. The zero-order valence-electron chi connectivity index (χ0n) is 18.0. The van der Waals surface area contributed by atoms with Gasteiger partial charge in [-0.1, -0.05) is 12.1 Å². The number of aromatic nitrogens is 2. The number of fused-ring (bicyclic) bond motifs is 1. The highest BCUT2D eigenvalue weighted by Crippen LogP contribution is 2.29. The average Bonchev–Trinajstić information content (AvgIpc) is 3.44. The second-order valence-corrected chi connectivity index (χ2v) is 8.92. The number of imide groups is 1. The standard InChI is InChI=1S/C23H28N6O3/c30-20-5-4-19(21(31)27-20)28-14-17-3-2-16(12-18(17)22(28)32)13-25-15-23(6-9-24-10-7-23)29-11-1-8-26-29/h1-3,8,11-12,19,24-25H,4-7,9-10,13-15H2,(H,27,30,31). The van der Waals surface area contributed by atoms with Gasteiger partial charge in [-0.2, -0.15) is 5.10 Å². The topological polar surface area (TPSA) is 108 Å². The Kier molecular flexibility index (Phi) is 5.52. The van der Waals surface area contributed by atoms with Gasteiger partial charge in [0.05, 0.1) is 5.54 Å². The first-order valence-electron chi connectivity index (χ1n) is 11.2. The monoisotopic (exact) mass is 436 g/mol. The smallest absolute Gasteiger partial charge is 0.255 e. The molecular weight excluding hydrogens is 408 g/mol. The van der Waals surface area contributed by atoms with Gasteiger partial charge < -0.3 is 15.5 Å². The Morgan fingerprint density at radius 3 is 2.78 bits per heavy atom. The van der Waals surface area contributed by atoms with Gasteiger partial charge in [0.25, 0.3) is 5.91 Å². The molecule has 32 heavy (non-hydrogen) atoms. The van der Waals surface area contributed by atoms with Crippen molar-refractivity contribution in [3.8, 4) is 0 Å². The quantitative estimate of drug-likeness (QED) is 0.570. The predicted molar refractivity (Wildman–Crippen MR) is 116 cm³/mol. The zero-order valence-corrected chi connectivity index (χ0v) is 18.0. The van der Waals surface area contributed by atoms with Gasteiger partial charge in [-0.3, -0.25) is 24.4 Å². The molecular formula is C23H28N6O3. The summed E-state index contributed by atoms with van der Waals surface area (Å²) in [5, 5.41) is 13.8. The van der Waals surface area contributed by atoms with Crippen LogP contribution < -0.4 is 16.0 Å². The molecule has 3 amide bonds. The second kappa shape index (κ2) is 8.48. The van der Waals surface area contributed by atoms with Gasteiger partial charge >= 0.3 is 0 Å². The lowest BCUT2D eigenvalue weighted by Gasteiger charge is -2.38. The molecule has 9 heteroatoms. The van der Waals surface area contributed by atoms with Crippen molar-refractivity contribution in [2.75, 3.05) is 19.6 Å². The van der Waals surface area contributed by atoms with Crippen LogP contribution in [0, 0.1) is 0 Å². The van der Waals surface area contributed by atoms with Crippen molar-refractivity contribution in [2.45, 2.75) is 50.4 Å². The fourth-order valence-electron chi connectivity index (χ4n) is 5.08. The summed E-state index contributed by atoms with van der Waals surface area (Å²) in [4.78, 5) is 38.3. The summed E-state index contributed by atoms with van der Waals surface area (Å²) in [6.07, 6.45) is 6.51. The molecule has 9 nitrogen and oxygen atoms in total. The molecule has 5 rings (SSSR count). The number of hydrogen-bond acceptors (Lipinski definition) is 6. The van der Waals surface area contributed by atoms with Crippen molar-refractivity contribution in [3.05, 3.63) is 53.3 Å². The van der Waals surface area contributed by atoms with E-state index >= 15 is 0 Å². The van der Waals surface area contributed by atoms with Crippen LogP contribution in [0.5, 0.6) is 0 Å². The van der Waals surface area contributed by atoms with Crippen molar-refractivity contribution >= 4 is 17.7 Å². The molecule has 3 aliphatic heterocycles. The number of nitrogens with one attached hydrogen (secondary N) is 3. The van der Waals surface area contributed by atoms with Crippen LogP contribution in [0.4, 0.5) is 0 Å². The first-order valence-corrected chi connectivity index (χ1v) is 11.2. The summed E-state index contributed by atoms with van der Waals surface area (Å²) in [5.41, 5.74) is 2.56. The van der Waals surface area contributed by atoms with E-state index in [-0.39, 0.29) is 29.7 Å². The largest absolute Gasteiger partial charge is 0.322 e. The van der Waals surface area contributed by atoms with E-state index in [9.17, 15) is 14.4 Å². The number of carbonyl (C=O) groups excluding carboxylic acids is 3. The fraction of sp³-hybridized carbons (Fsp3) is 0.478. The minimum Gasteiger partial charge on any atom is -0.322 e. The molecule has 0 aliphatic carbocycles.